The van der Waals surface area contributed by atoms with Gasteiger partial charge in [-0.3, -0.25) is 9.59 Å². The minimum Gasteiger partial charge on any atom is -0.454 e. The van der Waals surface area contributed by atoms with E-state index in [-0.39, 0.29) is 11.5 Å². The number of ether oxygens (including phenoxy) is 1. The number of benzene rings is 1. The Balaban J connectivity index is 1.72. The highest BCUT2D eigenvalue weighted by Crippen LogP contribution is 2.28. The second-order valence-electron chi connectivity index (χ2n) is 5.96. The van der Waals surface area contributed by atoms with Crippen LogP contribution < -0.4 is 5.56 Å². The molecule has 3 rings (SSSR count). The number of aromatic amines is 1. The summed E-state index contributed by atoms with van der Waals surface area (Å²) < 4.78 is 5.43. The van der Waals surface area contributed by atoms with Gasteiger partial charge in [0.2, 0.25) is 0 Å². The van der Waals surface area contributed by atoms with Crippen LogP contribution in [0.5, 0.6) is 0 Å². The Morgan fingerprint density at radius 3 is 2.86 bits per heavy atom. The number of hydrogen-bond donors (Lipinski definition) is 1. The summed E-state index contributed by atoms with van der Waals surface area (Å²) >= 11 is 0. The molecule has 0 radical (unpaired) electrons. The van der Waals surface area contributed by atoms with Gasteiger partial charge in [0, 0.05) is 6.42 Å². The van der Waals surface area contributed by atoms with Gasteiger partial charge in [0.1, 0.15) is 0 Å². The summed E-state index contributed by atoms with van der Waals surface area (Å²) in [6.45, 7) is 1.74. The quantitative estimate of drug-likeness (QED) is 0.881. The first kappa shape index (κ1) is 14.8. The molecule has 2 aromatic rings. The van der Waals surface area contributed by atoms with Gasteiger partial charge < -0.3 is 9.72 Å². The Morgan fingerprint density at radius 2 is 2.09 bits per heavy atom. The summed E-state index contributed by atoms with van der Waals surface area (Å²) in [5, 5.41) is 0.538. The number of nitrogens with one attached hydrogen (secondary N) is 1. The van der Waals surface area contributed by atoms with Gasteiger partial charge in [-0.25, -0.2) is 4.98 Å². The van der Waals surface area contributed by atoms with E-state index in [1.165, 1.54) is 12.8 Å². The van der Waals surface area contributed by atoms with E-state index in [0.717, 1.165) is 12.8 Å². The molecule has 0 amide bonds. The van der Waals surface area contributed by atoms with E-state index in [2.05, 4.69) is 9.97 Å². The first-order chi connectivity index (χ1) is 10.6. The van der Waals surface area contributed by atoms with Gasteiger partial charge in [0.15, 0.2) is 11.9 Å². The van der Waals surface area contributed by atoms with Crippen molar-refractivity contribution in [3.8, 4) is 0 Å². The average Bonchev–Trinajstić information content (AvgIpc) is 3.00. The lowest BCUT2D eigenvalue weighted by molar-refractivity contribution is -0.150. The minimum atomic E-state index is -0.550. The van der Waals surface area contributed by atoms with Crippen LogP contribution in [-0.2, 0) is 9.53 Å². The van der Waals surface area contributed by atoms with Crippen molar-refractivity contribution < 1.29 is 9.53 Å². The van der Waals surface area contributed by atoms with Crippen molar-refractivity contribution >= 4 is 16.9 Å². The number of hydrogen-bond acceptors (Lipinski definition) is 4. The van der Waals surface area contributed by atoms with E-state index in [4.69, 9.17) is 4.74 Å². The van der Waals surface area contributed by atoms with Crippen molar-refractivity contribution in [1.29, 1.82) is 0 Å². The topological polar surface area (TPSA) is 72.0 Å². The molecule has 1 aromatic carbocycles. The molecule has 5 nitrogen and oxygen atoms in total. The zero-order valence-electron chi connectivity index (χ0n) is 12.7. The Labute approximate surface area is 128 Å². The molecule has 0 spiro atoms. The Hall–Kier alpha value is -2.17. The molecule has 1 heterocycles. The second-order valence-corrected chi connectivity index (χ2v) is 5.96. The predicted molar refractivity (Wildman–Crippen MR) is 83.4 cm³/mol. The average molecular weight is 300 g/mol. The lowest BCUT2D eigenvalue weighted by Crippen LogP contribution is -2.18. The zero-order chi connectivity index (χ0) is 15.5. The van der Waals surface area contributed by atoms with Gasteiger partial charge in [-0.2, -0.15) is 0 Å². The van der Waals surface area contributed by atoms with Crippen molar-refractivity contribution in [3.05, 3.63) is 40.4 Å². The summed E-state index contributed by atoms with van der Waals surface area (Å²) in [5.74, 6) is 0.627. The summed E-state index contributed by atoms with van der Waals surface area (Å²) in [6, 6.07) is 7.13. The number of carbonyl (C=O) groups is 1. The number of aromatic nitrogens is 2. The molecule has 1 fully saturated rings. The fourth-order valence-corrected chi connectivity index (χ4v) is 3.05. The van der Waals surface area contributed by atoms with Crippen LogP contribution in [0.3, 0.4) is 0 Å². The smallest absolute Gasteiger partial charge is 0.306 e. The van der Waals surface area contributed by atoms with Crippen LogP contribution in [0, 0.1) is 5.92 Å². The number of rotatable bonds is 4. The van der Waals surface area contributed by atoms with Gasteiger partial charge in [-0.15, -0.1) is 0 Å². The summed E-state index contributed by atoms with van der Waals surface area (Å²) in [5.41, 5.74) is 0.402. The van der Waals surface area contributed by atoms with Crippen LogP contribution in [0.25, 0.3) is 10.9 Å². The van der Waals surface area contributed by atoms with Gasteiger partial charge in [-0.1, -0.05) is 25.0 Å². The second kappa shape index (κ2) is 6.30. The lowest BCUT2D eigenvalue weighted by atomic mass is 10.0. The molecule has 1 unspecified atom stereocenters. The van der Waals surface area contributed by atoms with E-state index >= 15 is 0 Å². The van der Waals surface area contributed by atoms with E-state index in [0.29, 0.717) is 29.1 Å². The van der Waals surface area contributed by atoms with Gasteiger partial charge in [-0.05, 0) is 37.8 Å². The largest absolute Gasteiger partial charge is 0.454 e. The van der Waals surface area contributed by atoms with E-state index in [1.807, 2.05) is 6.07 Å². The third-order valence-corrected chi connectivity index (χ3v) is 4.25. The molecule has 1 aliphatic carbocycles. The summed E-state index contributed by atoms with van der Waals surface area (Å²) in [6.07, 6.45) is 4.52. The molecule has 0 aliphatic heterocycles. The predicted octanol–water partition coefficient (Wildman–Crippen LogP) is 3.11. The zero-order valence-corrected chi connectivity index (χ0v) is 12.7. The normalized spacial score (nSPS) is 16.8. The van der Waals surface area contributed by atoms with Gasteiger partial charge >= 0.3 is 5.97 Å². The third-order valence-electron chi connectivity index (χ3n) is 4.25. The van der Waals surface area contributed by atoms with Crippen molar-refractivity contribution in [1.82, 2.24) is 9.97 Å². The molecule has 1 aromatic heterocycles. The van der Waals surface area contributed by atoms with Crippen molar-refractivity contribution in [2.24, 2.45) is 5.92 Å². The van der Waals surface area contributed by atoms with Crippen LogP contribution in [0.1, 0.15) is 51.0 Å². The minimum absolute atomic E-state index is 0.209. The van der Waals surface area contributed by atoms with Crippen LogP contribution in [0.4, 0.5) is 0 Å². The van der Waals surface area contributed by atoms with Crippen molar-refractivity contribution in [2.45, 2.75) is 45.1 Å². The van der Waals surface area contributed by atoms with Crippen molar-refractivity contribution in [3.63, 3.8) is 0 Å². The highest BCUT2D eigenvalue weighted by molar-refractivity contribution is 5.77. The maximum Gasteiger partial charge on any atom is 0.306 e. The van der Waals surface area contributed by atoms with E-state index in [9.17, 15) is 9.59 Å². The number of para-hydroxylation sites is 1. The highest BCUT2D eigenvalue weighted by Gasteiger charge is 2.21. The number of esters is 1. The molecule has 1 N–H and O–H groups in total. The first-order valence-electron chi connectivity index (χ1n) is 7.82. The van der Waals surface area contributed by atoms with Gasteiger partial charge in [0.05, 0.1) is 10.9 Å². The standard InChI is InChI=1S/C17H20N2O3/c1-11(22-15(20)10-12-6-2-3-7-12)16-18-14-9-5-4-8-13(14)17(21)19-16/h4-5,8-9,11-12H,2-3,6-7,10H2,1H3,(H,18,19,21). The molecule has 0 saturated heterocycles. The van der Waals surface area contributed by atoms with Gasteiger partial charge in [0.25, 0.3) is 5.56 Å². The van der Waals surface area contributed by atoms with E-state index < -0.39 is 6.10 Å². The Morgan fingerprint density at radius 1 is 1.36 bits per heavy atom. The van der Waals surface area contributed by atoms with Crippen LogP contribution >= 0.6 is 0 Å². The van der Waals surface area contributed by atoms with Crippen LogP contribution in [0.2, 0.25) is 0 Å². The summed E-state index contributed by atoms with van der Waals surface area (Å²) in [4.78, 5) is 31.1. The number of H-pyrrole nitrogens is 1. The molecule has 1 saturated carbocycles. The van der Waals surface area contributed by atoms with Crippen molar-refractivity contribution in [2.75, 3.05) is 0 Å². The molecule has 1 aliphatic rings. The highest BCUT2D eigenvalue weighted by atomic mass is 16.5. The maximum absolute atomic E-state index is 12.0. The SMILES string of the molecule is CC(OC(=O)CC1CCCC1)c1nc2ccccc2c(=O)[nH]1. The molecular weight excluding hydrogens is 280 g/mol. The molecular formula is C17H20N2O3. The number of fused-ring (bicyclic) bond motifs is 1. The Bertz CT molecular complexity index is 732. The molecule has 0 bridgehead atoms. The molecule has 5 heteroatoms. The first-order valence-corrected chi connectivity index (χ1v) is 7.82. The third kappa shape index (κ3) is 3.18. The molecule has 22 heavy (non-hydrogen) atoms. The number of nitrogens with zero attached hydrogens (tertiary/aromatic N) is 1. The lowest BCUT2D eigenvalue weighted by Gasteiger charge is -2.14. The fraction of sp³-hybridized carbons (Fsp3) is 0.471. The monoisotopic (exact) mass is 300 g/mol. The molecule has 1 atom stereocenters. The maximum atomic E-state index is 12.0. The summed E-state index contributed by atoms with van der Waals surface area (Å²) in [7, 11) is 0. The fourth-order valence-electron chi connectivity index (χ4n) is 3.05. The molecule has 116 valence electrons. The Kier molecular flexibility index (Phi) is 4.22. The van der Waals surface area contributed by atoms with Crippen LogP contribution in [0.15, 0.2) is 29.1 Å². The van der Waals surface area contributed by atoms with Crippen LogP contribution in [-0.4, -0.2) is 15.9 Å². The number of carbonyl (C=O) groups excluding carboxylic acids is 1. The van der Waals surface area contributed by atoms with E-state index in [1.54, 1.807) is 25.1 Å².